The molecule has 0 radical (unpaired) electrons. The van der Waals surface area contributed by atoms with Crippen LogP contribution in [0.15, 0.2) is 30.3 Å². The van der Waals surface area contributed by atoms with Gasteiger partial charge < -0.3 is 19.0 Å². The lowest BCUT2D eigenvalue weighted by Gasteiger charge is -2.40. The lowest BCUT2D eigenvalue weighted by molar-refractivity contribution is -0.152. The molecular formula is C19H30O5Si. The number of carbonyl (C=O) groups excluding carboxylic acids is 1. The second-order valence-electron chi connectivity index (χ2n) is 8.20. The van der Waals surface area contributed by atoms with Crippen molar-refractivity contribution in [1.29, 1.82) is 0 Å². The van der Waals surface area contributed by atoms with Crippen LogP contribution in [0.2, 0.25) is 18.1 Å². The van der Waals surface area contributed by atoms with Crippen molar-refractivity contribution in [2.24, 2.45) is 0 Å². The Kier molecular flexibility index (Phi) is 6.09. The number of ether oxygens (including phenoxy) is 2. The minimum atomic E-state index is -2.16. The predicted molar refractivity (Wildman–Crippen MR) is 98.6 cm³/mol. The van der Waals surface area contributed by atoms with Gasteiger partial charge in [0.25, 0.3) is 0 Å². The van der Waals surface area contributed by atoms with Gasteiger partial charge in [-0.15, -0.1) is 0 Å². The second-order valence-corrected chi connectivity index (χ2v) is 13.0. The van der Waals surface area contributed by atoms with Crippen LogP contribution in [0.3, 0.4) is 0 Å². The number of hydrogen-bond acceptors (Lipinski definition) is 5. The third-order valence-electron chi connectivity index (χ3n) is 5.09. The van der Waals surface area contributed by atoms with Crippen LogP contribution in [0.4, 0.5) is 0 Å². The summed E-state index contributed by atoms with van der Waals surface area (Å²) in [6.45, 7) is 12.5. The van der Waals surface area contributed by atoms with Crippen molar-refractivity contribution in [2.45, 2.75) is 76.8 Å². The number of aliphatic hydroxyl groups excluding tert-OH is 1. The first-order valence-corrected chi connectivity index (χ1v) is 11.7. The molecule has 0 aromatic heterocycles. The van der Waals surface area contributed by atoms with E-state index in [-0.39, 0.29) is 5.04 Å². The smallest absolute Gasteiger partial charge is 0.338 e. The monoisotopic (exact) mass is 366 g/mol. The minimum Gasteiger partial charge on any atom is -0.455 e. The summed E-state index contributed by atoms with van der Waals surface area (Å²) in [5.41, 5.74) is 0.974. The third kappa shape index (κ3) is 4.70. The Morgan fingerprint density at radius 1 is 1.24 bits per heavy atom. The molecule has 4 atom stereocenters. The van der Waals surface area contributed by atoms with Crippen LogP contribution in [0, 0.1) is 0 Å². The van der Waals surface area contributed by atoms with Crippen molar-refractivity contribution in [1.82, 2.24) is 0 Å². The Morgan fingerprint density at radius 3 is 2.36 bits per heavy atom. The van der Waals surface area contributed by atoms with E-state index in [0.717, 1.165) is 5.56 Å². The van der Waals surface area contributed by atoms with Gasteiger partial charge >= 0.3 is 5.97 Å². The van der Waals surface area contributed by atoms with E-state index in [1.54, 1.807) is 6.92 Å². The normalized spacial score (nSPS) is 25.7. The van der Waals surface area contributed by atoms with Crippen LogP contribution in [0.5, 0.6) is 0 Å². The molecule has 0 aliphatic carbocycles. The molecule has 25 heavy (non-hydrogen) atoms. The van der Waals surface area contributed by atoms with Gasteiger partial charge in [0.15, 0.2) is 20.5 Å². The van der Waals surface area contributed by atoms with E-state index in [1.165, 1.54) is 0 Å². The molecule has 1 aliphatic rings. The van der Waals surface area contributed by atoms with Gasteiger partial charge in [0.2, 0.25) is 0 Å². The predicted octanol–water partition coefficient (Wildman–Crippen LogP) is 3.27. The molecule has 0 amide bonds. The fourth-order valence-corrected chi connectivity index (χ4v) is 3.81. The van der Waals surface area contributed by atoms with E-state index < -0.39 is 38.7 Å². The van der Waals surface area contributed by atoms with Gasteiger partial charge in [-0.25, -0.2) is 4.79 Å². The molecule has 1 N–H and O–H groups in total. The van der Waals surface area contributed by atoms with Crippen LogP contribution in [0.25, 0.3) is 0 Å². The SMILES string of the molecule is C[C@H](O)[C@H]1OC(=O)[C@H](OCc2ccccc2)[C@@H]1O[Si](C)(C)C(C)(C)C. The van der Waals surface area contributed by atoms with Crippen LogP contribution in [-0.2, 0) is 25.3 Å². The molecule has 1 heterocycles. The van der Waals surface area contributed by atoms with Crippen molar-refractivity contribution < 1.29 is 23.8 Å². The first-order valence-electron chi connectivity index (χ1n) is 8.75. The molecule has 1 aromatic carbocycles. The van der Waals surface area contributed by atoms with Crippen molar-refractivity contribution in [3.63, 3.8) is 0 Å². The molecular weight excluding hydrogens is 336 g/mol. The van der Waals surface area contributed by atoms with E-state index in [9.17, 15) is 9.90 Å². The number of hydrogen-bond donors (Lipinski definition) is 1. The maximum atomic E-state index is 12.3. The molecule has 0 bridgehead atoms. The van der Waals surface area contributed by atoms with Gasteiger partial charge in [-0.3, -0.25) is 0 Å². The van der Waals surface area contributed by atoms with Crippen molar-refractivity contribution >= 4 is 14.3 Å². The first-order chi connectivity index (χ1) is 11.5. The highest BCUT2D eigenvalue weighted by Crippen LogP contribution is 2.40. The van der Waals surface area contributed by atoms with Crippen LogP contribution in [0.1, 0.15) is 33.3 Å². The largest absolute Gasteiger partial charge is 0.455 e. The molecule has 1 aromatic rings. The Hall–Kier alpha value is -1.21. The Labute approximate surface area is 151 Å². The Balaban J connectivity index is 2.18. The standard InChI is InChI=1S/C19H30O5Si/c1-13(20)15-16(24-25(5,6)19(2,3)4)17(18(21)23-15)22-12-14-10-8-7-9-11-14/h7-11,13,15-17,20H,12H2,1-6H3/t13-,15+,16+,17+/m0/s1. The van der Waals surface area contributed by atoms with Crippen molar-refractivity contribution in [3.8, 4) is 0 Å². The molecule has 2 rings (SSSR count). The zero-order valence-electron chi connectivity index (χ0n) is 16.0. The topological polar surface area (TPSA) is 65.0 Å². The van der Waals surface area contributed by atoms with Crippen LogP contribution >= 0.6 is 0 Å². The lowest BCUT2D eigenvalue weighted by atomic mass is 10.1. The Bertz CT molecular complexity index is 579. The van der Waals surface area contributed by atoms with Gasteiger partial charge in [-0.1, -0.05) is 51.1 Å². The summed E-state index contributed by atoms with van der Waals surface area (Å²) in [6.07, 6.45) is -2.95. The fourth-order valence-electron chi connectivity index (χ4n) is 2.52. The number of carbonyl (C=O) groups is 1. The van der Waals surface area contributed by atoms with E-state index in [0.29, 0.717) is 6.61 Å². The summed E-state index contributed by atoms with van der Waals surface area (Å²) in [5.74, 6) is -0.467. The molecule has 0 saturated carbocycles. The van der Waals surface area contributed by atoms with Crippen LogP contribution in [-0.4, -0.2) is 43.8 Å². The quantitative estimate of drug-likeness (QED) is 0.618. The van der Waals surface area contributed by atoms with E-state index in [2.05, 4.69) is 33.9 Å². The first kappa shape index (κ1) is 20.1. The second kappa shape index (κ2) is 7.58. The number of esters is 1. The summed E-state index contributed by atoms with van der Waals surface area (Å²) in [4.78, 5) is 12.3. The highest BCUT2D eigenvalue weighted by Gasteiger charge is 2.52. The van der Waals surface area contributed by atoms with Crippen molar-refractivity contribution in [2.75, 3.05) is 0 Å². The van der Waals surface area contributed by atoms with Gasteiger partial charge in [0, 0.05) is 0 Å². The highest BCUT2D eigenvalue weighted by molar-refractivity contribution is 6.74. The van der Waals surface area contributed by atoms with Gasteiger partial charge in [0.1, 0.15) is 6.10 Å². The molecule has 1 fully saturated rings. The van der Waals surface area contributed by atoms with E-state index in [1.807, 2.05) is 30.3 Å². The summed E-state index contributed by atoms with van der Waals surface area (Å²) in [7, 11) is -2.16. The minimum absolute atomic E-state index is 0.0220. The lowest BCUT2D eigenvalue weighted by Crippen LogP contribution is -2.51. The maximum Gasteiger partial charge on any atom is 0.338 e. The molecule has 140 valence electrons. The number of rotatable bonds is 6. The van der Waals surface area contributed by atoms with Crippen molar-refractivity contribution in [3.05, 3.63) is 35.9 Å². The molecule has 1 aliphatic heterocycles. The molecule has 1 saturated heterocycles. The maximum absolute atomic E-state index is 12.3. The Morgan fingerprint density at radius 2 is 1.84 bits per heavy atom. The summed E-state index contributed by atoms with van der Waals surface area (Å²) >= 11 is 0. The molecule has 0 unspecified atom stereocenters. The zero-order valence-corrected chi connectivity index (χ0v) is 17.0. The number of cyclic esters (lactones) is 1. The zero-order chi connectivity index (χ0) is 18.8. The van der Waals surface area contributed by atoms with E-state index in [4.69, 9.17) is 13.9 Å². The summed E-state index contributed by atoms with van der Waals surface area (Å²) < 4.78 is 17.7. The highest BCUT2D eigenvalue weighted by atomic mass is 28.4. The molecule has 0 spiro atoms. The molecule has 5 nitrogen and oxygen atoms in total. The van der Waals surface area contributed by atoms with Gasteiger partial charge in [0.05, 0.1) is 12.7 Å². The number of benzene rings is 1. The average molecular weight is 367 g/mol. The van der Waals surface area contributed by atoms with E-state index >= 15 is 0 Å². The average Bonchev–Trinajstić information content (AvgIpc) is 2.81. The number of aliphatic hydroxyl groups is 1. The van der Waals surface area contributed by atoms with Gasteiger partial charge in [-0.2, -0.15) is 0 Å². The fraction of sp³-hybridized carbons (Fsp3) is 0.632. The summed E-state index contributed by atoms with van der Waals surface area (Å²) in [6, 6.07) is 9.66. The molecule has 6 heteroatoms. The summed E-state index contributed by atoms with van der Waals surface area (Å²) in [5, 5.41) is 10.0. The van der Waals surface area contributed by atoms with Crippen LogP contribution < -0.4 is 0 Å². The van der Waals surface area contributed by atoms with Gasteiger partial charge in [-0.05, 0) is 30.6 Å². The third-order valence-corrected chi connectivity index (χ3v) is 9.57.